The van der Waals surface area contributed by atoms with Gasteiger partial charge in [-0.3, -0.25) is 4.79 Å². The summed E-state index contributed by atoms with van der Waals surface area (Å²) in [6.07, 6.45) is 2.55. The molecule has 1 amide bonds. The van der Waals surface area contributed by atoms with Gasteiger partial charge in [0.15, 0.2) is 0 Å². The summed E-state index contributed by atoms with van der Waals surface area (Å²) in [6.45, 7) is 5.77. The van der Waals surface area contributed by atoms with Crippen LogP contribution in [0.25, 0.3) is 0 Å². The maximum Gasteiger partial charge on any atom is 0.224 e. The summed E-state index contributed by atoms with van der Waals surface area (Å²) in [4.78, 5) is 14.2. The molecule has 0 spiro atoms. The van der Waals surface area contributed by atoms with Gasteiger partial charge in [-0.2, -0.15) is 0 Å². The fraction of sp³-hybridized carbons (Fsp3) is 0.562. The largest absolute Gasteiger partial charge is 0.326 e. The molecular weight excluding hydrogens is 250 g/mol. The Hall–Kier alpha value is -1.39. The van der Waals surface area contributed by atoms with Crippen LogP contribution in [0.5, 0.6) is 0 Å². The zero-order valence-electron chi connectivity index (χ0n) is 12.9. The summed E-state index contributed by atoms with van der Waals surface area (Å²) in [5.74, 6) is 0.0588. The van der Waals surface area contributed by atoms with Gasteiger partial charge in [-0.05, 0) is 45.0 Å². The first-order chi connectivity index (χ1) is 9.58. The summed E-state index contributed by atoms with van der Waals surface area (Å²) in [7, 11) is 2.11. The Bertz CT molecular complexity index is 420. The van der Waals surface area contributed by atoms with E-state index < -0.39 is 0 Å². The lowest BCUT2D eigenvalue weighted by Crippen LogP contribution is -2.29. The first-order valence-electron chi connectivity index (χ1n) is 7.36. The fourth-order valence-electron chi connectivity index (χ4n) is 2.05. The van der Waals surface area contributed by atoms with Crippen LogP contribution in [0.1, 0.15) is 38.7 Å². The number of nitrogens with one attached hydrogen (secondary N) is 1. The Balaban J connectivity index is 2.37. The molecule has 1 atom stereocenters. The van der Waals surface area contributed by atoms with Gasteiger partial charge in [0.25, 0.3) is 0 Å². The number of para-hydroxylation sites is 1. The molecule has 3 N–H and O–H groups in total. The van der Waals surface area contributed by atoms with E-state index in [-0.39, 0.29) is 5.91 Å². The third-order valence-electron chi connectivity index (χ3n) is 3.77. The minimum absolute atomic E-state index is 0.0588. The third-order valence-corrected chi connectivity index (χ3v) is 3.77. The van der Waals surface area contributed by atoms with E-state index in [0.29, 0.717) is 19.0 Å². The van der Waals surface area contributed by atoms with Gasteiger partial charge in [0.05, 0.1) is 0 Å². The van der Waals surface area contributed by atoms with Crippen LogP contribution in [0.3, 0.4) is 0 Å². The van der Waals surface area contributed by atoms with Gasteiger partial charge in [0, 0.05) is 24.7 Å². The molecule has 0 saturated carbocycles. The number of rotatable bonds is 8. The molecule has 112 valence electrons. The summed E-state index contributed by atoms with van der Waals surface area (Å²) in [5, 5.41) is 2.94. The van der Waals surface area contributed by atoms with E-state index in [4.69, 9.17) is 5.73 Å². The molecule has 0 aliphatic rings. The first-order valence-corrected chi connectivity index (χ1v) is 7.36. The quantitative estimate of drug-likeness (QED) is 0.768. The Morgan fingerprint density at radius 2 is 2.10 bits per heavy atom. The van der Waals surface area contributed by atoms with Gasteiger partial charge in [0.1, 0.15) is 0 Å². The maximum absolute atomic E-state index is 11.9. The van der Waals surface area contributed by atoms with Crippen molar-refractivity contribution < 1.29 is 4.79 Å². The number of carbonyl (C=O) groups is 1. The Labute approximate surface area is 122 Å². The highest BCUT2D eigenvalue weighted by Gasteiger charge is 2.09. The van der Waals surface area contributed by atoms with Gasteiger partial charge < -0.3 is 16.0 Å². The summed E-state index contributed by atoms with van der Waals surface area (Å²) in [6, 6.07) is 8.23. The molecule has 0 aliphatic carbocycles. The number of anilines is 1. The van der Waals surface area contributed by atoms with Crippen LogP contribution in [0.2, 0.25) is 0 Å². The van der Waals surface area contributed by atoms with Crippen molar-refractivity contribution in [3.63, 3.8) is 0 Å². The number of hydrogen-bond acceptors (Lipinski definition) is 3. The number of carbonyl (C=O) groups excluding carboxylic acids is 1. The van der Waals surface area contributed by atoms with E-state index in [9.17, 15) is 4.79 Å². The molecule has 4 nitrogen and oxygen atoms in total. The molecule has 1 aromatic rings. The van der Waals surface area contributed by atoms with E-state index >= 15 is 0 Å². The highest BCUT2D eigenvalue weighted by molar-refractivity contribution is 5.91. The summed E-state index contributed by atoms with van der Waals surface area (Å²) in [5.41, 5.74) is 7.46. The molecule has 0 saturated heterocycles. The molecule has 1 aromatic carbocycles. The smallest absolute Gasteiger partial charge is 0.224 e. The Morgan fingerprint density at radius 3 is 2.75 bits per heavy atom. The molecule has 0 aliphatic heterocycles. The molecule has 0 heterocycles. The molecule has 0 fully saturated rings. The lowest BCUT2D eigenvalue weighted by Gasteiger charge is -2.23. The van der Waals surface area contributed by atoms with E-state index in [1.807, 2.05) is 24.3 Å². The van der Waals surface area contributed by atoms with Crippen LogP contribution < -0.4 is 11.1 Å². The van der Waals surface area contributed by atoms with Crippen molar-refractivity contribution in [2.45, 2.75) is 45.7 Å². The number of benzene rings is 1. The Kier molecular flexibility index (Phi) is 7.26. The van der Waals surface area contributed by atoms with Crippen LogP contribution in [-0.4, -0.2) is 30.4 Å². The minimum atomic E-state index is 0.0588. The van der Waals surface area contributed by atoms with Crippen LogP contribution >= 0.6 is 0 Å². The van der Waals surface area contributed by atoms with Crippen molar-refractivity contribution in [1.29, 1.82) is 0 Å². The minimum Gasteiger partial charge on any atom is -0.326 e. The lowest BCUT2D eigenvalue weighted by atomic mass is 10.1. The lowest BCUT2D eigenvalue weighted by molar-refractivity contribution is -0.116. The highest BCUT2D eigenvalue weighted by Crippen LogP contribution is 2.14. The van der Waals surface area contributed by atoms with Crippen molar-refractivity contribution in [2.24, 2.45) is 5.73 Å². The average molecular weight is 277 g/mol. The molecule has 0 radical (unpaired) electrons. The normalized spacial score (nSPS) is 12.4. The molecule has 1 rings (SSSR count). The van der Waals surface area contributed by atoms with Gasteiger partial charge in [-0.25, -0.2) is 0 Å². The number of amides is 1. The Morgan fingerprint density at radius 1 is 1.40 bits per heavy atom. The van der Waals surface area contributed by atoms with E-state index in [2.05, 4.69) is 31.1 Å². The van der Waals surface area contributed by atoms with Crippen LogP contribution in [0.15, 0.2) is 24.3 Å². The highest BCUT2D eigenvalue weighted by atomic mass is 16.1. The second-order valence-corrected chi connectivity index (χ2v) is 5.25. The topological polar surface area (TPSA) is 58.4 Å². The summed E-state index contributed by atoms with van der Waals surface area (Å²) < 4.78 is 0. The summed E-state index contributed by atoms with van der Waals surface area (Å²) >= 11 is 0. The second-order valence-electron chi connectivity index (χ2n) is 5.25. The predicted octanol–water partition coefficient (Wildman–Crippen LogP) is 2.59. The third kappa shape index (κ3) is 5.31. The SMILES string of the molecule is CCC(C)N(C)CCCC(=O)Nc1ccccc1CN. The zero-order chi connectivity index (χ0) is 15.0. The van der Waals surface area contributed by atoms with Gasteiger partial charge >= 0.3 is 0 Å². The van der Waals surface area contributed by atoms with Gasteiger partial charge in [-0.15, -0.1) is 0 Å². The second kappa shape index (κ2) is 8.72. The fourth-order valence-corrected chi connectivity index (χ4v) is 2.05. The van der Waals surface area contributed by atoms with Crippen molar-refractivity contribution in [3.8, 4) is 0 Å². The molecule has 20 heavy (non-hydrogen) atoms. The monoisotopic (exact) mass is 277 g/mol. The number of nitrogens with zero attached hydrogens (tertiary/aromatic N) is 1. The van der Waals surface area contributed by atoms with Crippen molar-refractivity contribution in [3.05, 3.63) is 29.8 Å². The van der Waals surface area contributed by atoms with Crippen LogP contribution in [0.4, 0.5) is 5.69 Å². The molecular formula is C16H27N3O. The molecule has 0 aromatic heterocycles. The van der Waals surface area contributed by atoms with Crippen LogP contribution in [0, 0.1) is 0 Å². The van der Waals surface area contributed by atoms with Crippen LogP contribution in [-0.2, 0) is 11.3 Å². The van der Waals surface area contributed by atoms with E-state index in [1.165, 1.54) is 0 Å². The number of nitrogens with two attached hydrogens (primary N) is 1. The van der Waals surface area contributed by atoms with Crippen molar-refractivity contribution in [1.82, 2.24) is 4.90 Å². The molecule has 4 heteroatoms. The standard InChI is InChI=1S/C16H27N3O/c1-4-13(2)19(3)11-7-10-16(20)18-15-9-6-5-8-14(15)12-17/h5-6,8-9,13H,4,7,10-12,17H2,1-3H3,(H,18,20). The van der Waals surface area contributed by atoms with Crippen molar-refractivity contribution in [2.75, 3.05) is 18.9 Å². The maximum atomic E-state index is 11.9. The van der Waals surface area contributed by atoms with E-state index in [0.717, 1.165) is 30.6 Å². The van der Waals surface area contributed by atoms with Crippen molar-refractivity contribution >= 4 is 11.6 Å². The van der Waals surface area contributed by atoms with Gasteiger partial charge in [-0.1, -0.05) is 25.1 Å². The molecule has 0 bridgehead atoms. The number of hydrogen-bond donors (Lipinski definition) is 2. The first kappa shape index (κ1) is 16.7. The average Bonchev–Trinajstić information content (AvgIpc) is 2.46. The zero-order valence-corrected chi connectivity index (χ0v) is 12.9. The predicted molar refractivity (Wildman–Crippen MR) is 84.6 cm³/mol. The van der Waals surface area contributed by atoms with Gasteiger partial charge in [0.2, 0.25) is 5.91 Å². The van der Waals surface area contributed by atoms with E-state index in [1.54, 1.807) is 0 Å². The molecule has 1 unspecified atom stereocenters.